The summed E-state index contributed by atoms with van der Waals surface area (Å²) in [6.45, 7) is 0.185. The number of hydrogen-bond donors (Lipinski definition) is 2. The van der Waals surface area contributed by atoms with Gasteiger partial charge in [-0.1, -0.05) is 30.3 Å². The molecule has 0 saturated carbocycles. The zero-order valence-electron chi connectivity index (χ0n) is 14.2. The van der Waals surface area contributed by atoms with Gasteiger partial charge in [0.05, 0.1) is 5.92 Å². The maximum Gasteiger partial charge on any atom is 0.325 e. The Bertz CT molecular complexity index is 886. The molecule has 0 spiro atoms. The summed E-state index contributed by atoms with van der Waals surface area (Å²) in [6.07, 6.45) is 1.63. The van der Waals surface area contributed by atoms with Crippen LogP contribution in [0.15, 0.2) is 53.8 Å². The smallest absolute Gasteiger partial charge is 0.325 e. The van der Waals surface area contributed by atoms with Crippen molar-refractivity contribution in [3.8, 4) is 0 Å². The van der Waals surface area contributed by atoms with Crippen molar-refractivity contribution in [1.82, 2.24) is 15.2 Å². The molecule has 1 saturated heterocycles. The molecule has 1 aromatic carbocycles. The summed E-state index contributed by atoms with van der Waals surface area (Å²) in [7, 11) is 0. The molecule has 0 aliphatic carbocycles. The van der Waals surface area contributed by atoms with Crippen molar-refractivity contribution < 1.29 is 14.4 Å². The fourth-order valence-corrected chi connectivity index (χ4v) is 3.04. The Labute approximate surface area is 154 Å². The number of pyridine rings is 1. The van der Waals surface area contributed by atoms with Crippen LogP contribution < -0.4 is 11.1 Å². The molecule has 9 nitrogen and oxygen atoms in total. The molecule has 1 fully saturated rings. The normalized spacial score (nSPS) is 18.5. The van der Waals surface area contributed by atoms with E-state index >= 15 is 0 Å². The molecule has 3 rings (SSSR count). The predicted molar refractivity (Wildman–Crippen MR) is 96.0 cm³/mol. The summed E-state index contributed by atoms with van der Waals surface area (Å²) in [5.41, 5.74) is 7.12. The fraction of sp³-hybridized carbons (Fsp3) is 0.222. The van der Waals surface area contributed by atoms with Crippen LogP contribution in [0.5, 0.6) is 0 Å². The highest BCUT2D eigenvalue weighted by Crippen LogP contribution is 2.31. The van der Waals surface area contributed by atoms with Crippen LogP contribution in [-0.2, 0) is 22.6 Å². The average Bonchev–Trinajstić information content (AvgIpc) is 2.68. The zero-order chi connectivity index (χ0) is 19.4. The molecule has 27 heavy (non-hydrogen) atoms. The molecule has 9 heteroatoms. The number of hydrogen-bond acceptors (Lipinski definition) is 6. The SMILES string of the molecule is Nc1cc(C[C@H]2C(=O)N(C(=O)NCc3ccccc3)[C@@H]2C(=O)N=O)ccn1. The number of carbonyl (C=O) groups excluding carboxylic acids is 3. The number of anilines is 1. The van der Waals surface area contributed by atoms with Crippen molar-refractivity contribution in [2.75, 3.05) is 5.73 Å². The van der Waals surface area contributed by atoms with Gasteiger partial charge in [-0.25, -0.2) is 9.78 Å². The number of benzene rings is 1. The third kappa shape index (κ3) is 3.81. The number of β-lactam (4-membered cyclic amide) rings is 1. The molecule has 2 heterocycles. The number of aromatic nitrogens is 1. The van der Waals surface area contributed by atoms with E-state index in [0.29, 0.717) is 5.56 Å². The molecule has 1 aromatic heterocycles. The number of amides is 4. The van der Waals surface area contributed by atoms with Crippen molar-refractivity contribution in [1.29, 1.82) is 0 Å². The molecule has 4 amide bonds. The number of nitrogens with zero attached hydrogens (tertiary/aromatic N) is 3. The average molecular weight is 367 g/mol. The lowest BCUT2D eigenvalue weighted by atomic mass is 9.82. The van der Waals surface area contributed by atoms with Gasteiger partial charge in [-0.05, 0) is 29.7 Å². The molecule has 2 atom stereocenters. The lowest BCUT2D eigenvalue weighted by molar-refractivity contribution is -0.156. The molecule has 0 unspecified atom stereocenters. The van der Waals surface area contributed by atoms with Gasteiger partial charge in [0, 0.05) is 17.9 Å². The first-order valence-corrected chi connectivity index (χ1v) is 8.23. The Morgan fingerprint density at radius 2 is 1.93 bits per heavy atom. The molecular formula is C18H17N5O4. The molecule has 0 radical (unpaired) electrons. The van der Waals surface area contributed by atoms with E-state index in [1.54, 1.807) is 12.1 Å². The summed E-state index contributed by atoms with van der Waals surface area (Å²) in [5.74, 6) is -2.18. The van der Waals surface area contributed by atoms with Crippen molar-refractivity contribution in [2.24, 2.45) is 11.1 Å². The second-order valence-electron chi connectivity index (χ2n) is 6.13. The summed E-state index contributed by atoms with van der Waals surface area (Å²) in [5, 5.41) is 4.98. The van der Waals surface area contributed by atoms with Crippen LogP contribution in [0.3, 0.4) is 0 Å². The van der Waals surface area contributed by atoms with Gasteiger partial charge in [0.25, 0.3) is 0 Å². The van der Waals surface area contributed by atoms with E-state index in [1.165, 1.54) is 6.20 Å². The number of nitrogen functional groups attached to an aromatic ring is 1. The Morgan fingerprint density at radius 3 is 2.59 bits per heavy atom. The van der Waals surface area contributed by atoms with E-state index in [4.69, 9.17) is 5.73 Å². The molecule has 3 N–H and O–H groups in total. The van der Waals surface area contributed by atoms with Gasteiger partial charge in [-0.2, -0.15) is 0 Å². The summed E-state index contributed by atoms with van der Waals surface area (Å²) < 4.78 is 0. The van der Waals surface area contributed by atoms with E-state index < -0.39 is 29.8 Å². The number of carbonyl (C=O) groups is 3. The molecule has 0 bridgehead atoms. The van der Waals surface area contributed by atoms with Crippen LogP contribution in [0, 0.1) is 10.8 Å². The number of urea groups is 1. The van der Waals surface area contributed by atoms with Crippen LogP contribution in [0.2, 0.25) is 0 Å². The lowest BCUT2D eigenvalue weighted by Gasteiger charge is -2.42. The monoisotopic (exact) mass is 367 g/mol. The summed E-state index contributed by atoms with van der Waals surface area (Å²) >= 11 is 0. The van der Waals surface area contributed by atoms with Crippen LogP contribution in [0.1, 0.15) is 11.1 Å². The summed E-state index contributed by atoms with van der Waals surface area (Å²) in [6, 6.07) is 10.3. The van der Waals surface area contributed by atoms with E-state index in [-0.39, 0.29) is 18.8 Å². The number of imide groups is 1. The first kappa shape index (κ1) is 18.2. The predicted octanol–water partition coefficient (Wildman–Crippen LogP) is 1.24. The van der Waals surface area contributed by atoms with Crippen LogP contribution in [-0.4, -0.2) is 33.8 Å². The minimum absolute atomic E-state index is 0.153. The van der Waals surface area contributed by atoms with Crippen LogP contribution in [0.25, 0.3) is 0 Å². The highest BCUT2D eigenvalue weighted by molar-refractivity contribution is 6.09. The van der Waals surface area contributed by atoms with Gasteiger partial charge in [0.2, 0.25) is 5.91 Å². The van der Waals surface area contributed by atoms with Gasteiger partial charge < -0.3 is 11.1 Å². The minimum Gasteiger partial charge on any atom is -0.384 e. The second-order valence-corrected chi connectivity index (χ2v) is 6.13. The quantitative estimate of drug-likeness (QED) is 0.603. The van der Waals surface area contributed by atoms with Crippen molar-refractivity contribution in [3.05, 3.63) is 64.7 Å². The third-order valence-electron chi connectivity index (χ3n) is 4.36. The van der Waals surface area contributed by atoms with Gasteiger partial charge in [-0.3, -0.25) is 14.5 Å². The van der Waals surface area contributed by atoms with E-state index in [1.807, 2.05) is 30.3 Å². The highest BCUT2D eigenvalue weighted by Gasteiger charge is 2.54. The summed E-state index contributed by atoms with van der Waals surface area (Å²) in [4.78, 5) is 52.1. The second kappa shape index (κ2) is 7.73. The molecular weight excluding hydrogens is 350 g/mol. The zero-order valence-corrected chi connectivity index (χ0v) is 14.2. The van der Waals surface area contributed by atoms with Gasteiger partial charge >= 0.3 is 11.9 Å². The molecule has 2 aromatic rings. The Kier molecular flexibility index (Phi) is 5.20. The third-order valence-corrected chi connectivity index (χ3v) is 4.36. The number of nitrogens with one attached hydrogen (secondary N) is 1. The standard InChI is InChI=1S/C18H17N5O4/c19-14-9-12(6-7-20-14)8-13-15(16(24)22-27)23(17(13)25)18(26)21-10-11-4-2-1-3-5-11/h1-7,9,13,15H,8,10H2,(H2,19,20)(H,21,26)/t13-,15+/m1/s1. The topological polar surface area (TPSA) is 135 Å². The largest absolute Gasteiger partial charge is 0.384 e. The number of likely N-dealkylation sites (tertiary alicyclic amines) is 1. The Balaban J connectivity index is 1.71. The Morgan fingerprint density at radius 1 is 1.19 bits per heavy atom. The fourth-order valence-electron chi connectivity index (χ4n) is 3.04. The van der Waals surface area contributed by atoms with Gasteiger partial charge in [-0.15, -0.1) is 4.91 Å². The highest BCUT2D eigenvalue weighted by atomic mass is 16.3. The number of nitrogens with two attached hydrogens (primary N) is 1. The lowest BCUT2D eigenvalue weighted by Crippen LogP contribution is -2.68. The van der Waals surface area contributed by atoms with Gasteiger partial charge in [0.1, 0.15) is 11.9 Å². The van der Waals surface area contributed by atoms with E-state index in [9.17, 15) is 19.3 Å². The maximum atomic E-state index is 12.5. The van der Waals surface area contributed by atoms with E-state index in [0.717, 1.165) is 10.5 Å². The van der Waals surface area contributed by atoms with Crippen LogP contribution >= 0.6 is 0 Å². The minimum atomic E-state index is -1.22. The Hall–Kier alpha value is -3.62. The van der Waals surface area contributed by atoms with Crippen molar-refractivity contribution >= 4 is 23.7 Å². The van der Waals surface area contributed by atoms with Gasteiger partial charge in [0.15, 0.2) is 0 Å². The number of rotatable bonds is 5. The van der Waals surface area contributed by atoms with Crippen molar-refractivity contribution in [3.63, 3.8) is 0 Å². The first-order valence-electron chi connectivity index (χ1n) is 8.23. The van der Waals surface area contributed by atoms with Crippen LogP contribution in [0.4, 0.5) is 10.6 Å². The number of nitroso groups, excluding NO2 is 1. The van der Waals surface area contributed by atoms with E-state index in [2.05, 4.69) is 15.5 Å². The maximum absolute atomic E-state index is 12.5. The molecule has 138 valence electrons. The first-order chi connectivity index (χ1) is 13.0. The molecule has 1 aliphatic heterocycles. The molecule has 1 aliphatic rings. The van der Waals surface area contributed by atoms with Crippen molar-refractivity contribution in [2.45, 2.75) is 19.0 Å².